The van der Waals surface area contributed by atoms with Crippen LogP contribution in [0.25, 0.3) is 0 Å². The zero-order valence-electron chi connectivity index (χ0n) is 10.8. The lowest BCUT2D eigenvalue weighted by Gasteiger charge is -2.30. The second-order valence-electron chi connectivity index (χ2n) is 4.42. The molecule has 0 radical (unpaired) electrons. The molecule has 0 aromatic heterocycles. The van der Waals surface area contributed by atoms with E-state index in [1.807, 2.05) is 50.2 Å². The van der Waals surface area contributed by atoms with Crippen molar-refractivity contribution >= 4 is 5.97 Å². The van der Waals surface area contributed by atoms with E-state index >= 15 is 0 Å². The van der Waals surface area contributed by atoms with Gasteiger partial charge in [-0.05, 0) is 33.6 Å². The number of rotatable bonds is 5. The number of carboxylic acid groups (broad SMARTS) is 1. The highest BCUT2D eigenvalue weighted by Gasteiger charge is 2.29. The maximum Gasteiger partial charge on any atom is 0.322 e. The SMILES string of the molecule is CNC(C(=O)O)C(c1ccc(C)cc1)N(C)C. The summed E-state index contributed by atoms with van der Waals surface area (Å²) in [6.45, 7) is 2.02. The second-order valence-corrected chi connectivity index (χ2v) is 4.42. The highest BCUT2D eigenvalue weighted by Crippen LogP contribution is 2.22. The molecule has 1 aromatic carbocycles. The average molecular weight is 236 g/mol. The Morgan fingerprint density at radius 1 is 1.29 bits per heavy atom. The Morgan fingerprint density at radius 2 is 1.82 bits per heavy atom. The molecule has 2 unspecified atom stereocenters. The largest absolute Gasteiger partial charge is 0.480 e. The summed E-state index contributed by atoms with van der Waals surface area (Å²) in [5.41, 5.74) is 2.17. The van der Waals surface area contributed by atoms with Gasteiger partial charge in [-0.1, -0.05) is 29.8 Å². The maximum atomic E-state index is 11.2. The molecule has 2 N–H and O–H groups in total. The highest BCUT2D eigenvalue weighted by atomic mass is 16.4. The van der Waals surface area contributed by atoms with E-state index in [2.05, 4.69) is 5.32 Å². The number of benzene rings is 1. The van der Waals surface area contributed by atoms with Crippen molar-refractivity contribution in [2.75, 3.05) is 21.1 Å². The second kappa shape index (κ2) is 5.80. The third-order valence-corrected chi connectivity index (χ3v) is 2.87. The number of nitrogens with zero attached hydrogens (tertiary/aromatic N) is 1. The Balaban J connectivity index is 3.08. The van der Waals surface area contributed by atoms with E-state index in [9.17, 15) is 9.90 Å². The van der Waals surface area contributed by atoms with Gasteiger partial charge >= 0.3 is 5.97 Å². The van der Waals surface area contributed by atoms with Crippen LogP contribution < -0.4 is 5.32 Å². The van der Waals surface area contributed by atoms with E-state index in [1.165, 1.54) is 5.56 Å². The van der Waals surface area contributed by atoms with Crippen LogP contribution in [-0.2, 0) is 4.79 Å². The minimum absolute atomic E-state index is 0.182. The first-order valence-corrected chi connectivity index (χ1v) is 5.60. The van der Waals surface area contributed by atoms with Crippen molar-refractivity contribution in [3.63, 3.8) is 0 Å². The first kappa shape index (κ1) is 13.7. The zero-order valence-corrected chi connectivity index (χ0v) is 10.8. The van der Waals surface area contributed by atoms with Crippen molar-refractivity contribution in [2.45, 2.75) is 19.0 Å². The minimum Gasteiger partial charge on any atom is -0.480 e. The molecule has 0 amide bonds. The topological polar surface area (TPSA) is 52.6 Å². The lowest BCUT2D eigenvalue weighted by atomic mass is 9.97. The van der Waals surface area contributed by atoms with E-state index in [4.69, 9.17) is 0 Å². The van der Waals surface area contributed by atoms with Crippen molar-refractivity contribution in [3.05, 3.63) is 35.4 Å². The van der Waals surface area contributed by atoms with Crippen LogP contribution in [0.4, 0.5) is 0 Å². The quantitative estimate of drug-likeness (QED) is 0.808. The molecule has 1 aromatic rings. The number of carbonyl (C=O) groups is 1. The number of aliphatic carboxylic acids is 1. The number of nitrogens with one attached hydrogen (secondary N) is 1. The smallest absolute Gasteiger partial charge is 0.322 e. The van der Waals surface area contributed by atoms with Gasteiger partial charge in [-0.2, -0.15) is 0 Å². The van der Waals surface area contributed by atoms with Crippen LogP contribution in [0.3, 0.4) is 0 Å². The fourth-order valence-corrected chi connectivity index (χ4v) is 1.97. The van der Waals surface area contributed by atoms with Crippen molar-refractivity contribution in [1.29, 1.82) is 0 Å². The minimum atomic E-state index is -0.841. The Bertz CT molecular complexity index is 374. The molecule has 0 aliphatic carbocycles. The van der Waals surface area contributed by atoms with Crippen molar-refractivity contribution in [1.82, 2.24) is 10.2 Å². The molecule has 4 nitrogen and oxygen atoms in total. The van der Waals surface area contributed by atoms with Crippen LogP contribution >= 0.6 is 0 Å². The molecule has 0 saturated carbocycles. The van der Waals surface area contributed by atoms with Crippen LogP contribution in [0.1, 0.15) is 17.2 Å². The van der Waals surface area contributed by atoms with Crippen LogP contribution in [-0.4, -0.2) is 43.2 Å². The Kier molecular flexibility index (Phi) is 4.66. The molecule has 17 heavy (non-hydrogen) atoms. The average Bonchev–Trinajstić information content (AvgIpc) is 2.26. The van der Waals surface area contributed by atoms with Gasteiger partial charge in [0.15, 0.2) is 0 Å². The molecule has 2 atom stereocenters. The number of aryl methyl sites for hydroxylation is 1. The monoisotopic (exact) mass is 236 g/mol. The van der Waals surface area contributed by atoms with Gasteiger partial charge < -0.3 is 15.3 Å². The van der Waals surface area contributed by atoms with Crippen LogP contribution in [0.15, 0.2) is 24.3 Å². The van der Waals surface area contributed by atoms with Gasteiger partial charge in [-0.15, -0.1) is 0 Å². The van der Waals surface area contributed by atoms with Crippen molar-refractivity contribution in [2.24, 2.45) is 0 Å². The number of carboxylic acids is 1. The van der Waals surface area contributed by atoms with Crippen LogP contribution in [0, 0.1) is 6.92 Å². The fraction of sp³-hybridized carbons (Fsp3) is 0.462. The van der Waals surface area contributed by atoms with E-state index < -0.39 is 12.0 Å². The van der Waals surface area contributed by atoms with E-state index in [0.29, 0.717) is 0 Å². The third-order valence-electron chi connectivity index (χ3n) is 2.87. The predicted molar refractivity (Wildman–Crippen MR) is 68.1 cm³/mol. The Hall–Kier alpha value is -1.39. The molecule has 94 valence electrons. The lowest BCUT2D eigenvalue weighted by molar-refractivity contribution is -0.141. The van der Waals surface area contributed by atoms with E-state index in [0.717, 1.165) is 5.56 Å². The summed E-state index contributed by atoms with van der Waals surface area (Å²) >= 11 is 0. The van der Waals surface area contributed by atoms with E-state index in [-0.39, 0.29) is 6.04 Å². The predicted octanol–water partition coefficient (Wildman–Crippen LogP) is 1.27. The number of hydrogen-bond acceptors (Lipinski definition) is 3. The highest BCUT2D eigenvalue weighted by molar-refractivity contribution is 5.74. The first-order chi connectivity index (χ1) is 7.97. The maximum absolute atomic E-state index is 11.2. The fourth-order valence-electron chi connectivity index (χ4n) is 1.97. The molecule has 4 heteroatoms. The van der Waals surface area contributed by atoms with Crippen molar-refractivity contribution in [3.8, 4) is 0 Å². The third kappa shape index (κ3) is 3.28. The summed E-state index contributed by atoms with van der Waals surface area (Å²) in [7, 11) is 5.44. The standard InChI is InChI=1S/C13H20N2O2/c1-9-5-7-10(8-6-9)12(15(3)4)11(14-2)13(16)17/h5-8,11-12,14H,1-4H3,(H,16,17). The number of likely N-dealkylation sites (N-methyl/N-ethyl adjacent to an activating group) is 2. The van der Waals surface area contributed by atoms with Gasteiger partial charge in [0.25, 0.3) is 0 Å². The van der Waals surface area contributed by atoms with Gasteiger partial charge in [-0.3, -0.25) is 4.79 Å². The Morgan fingerprint density at radius 3 is 2.18 bits per heavy atom. The molecule has 0 aliphatic rings. The van der Waals surface area contributed by atoms with Crippen LogP contribution in [0.5, 0.6) is 0 Å². The molecule has 0 heterocycles. The molecule has 1 rings (SSSR count). The molecule has 0 fully saturated rings. The summed E-state index contributed by atoms with van der Waals surface area (Å²) in [5, 5.41) is 12.1. The zero-order chi connectivity index (χ0) is 13.0. The van der Waals surface area contributed by atoms with Crippen LogP contribution in [0.2, 0.25) is 0 Å². The first-order valence-electron chi connectivity index (χ1n) is 5.60. The van der Waals surface area contributed by atoms with Gasteiger partial charge in [0.2, 0.25) is 0 Å². The van der Waals surface area contributed by atoms with E-state index in [1.54, 1.807) is 7.05 Å². The van der Waals surface area contributed by atoms with Gasteiger partial charge in [-0.25, -0.2) is 0 Å². The summed E-state index contributed by atoms with van der Waals surface area (Å²) in [6.07, 6.45) is 0. The summed E-state index contributed by atoms with van der Waals surface area (Å²) < 4.78 is 0. The Labute approximate surface area is 102 Å². The molecule has 0 aliphatic heterocycles. The molecule has 0 bridgehead atoms. The normalized spacial score (nSPS) is 14.6. The van der Waals surface area contributed by atoms with Gasteiger partial charge in [0.05, 0.1) is 6.04 Å². The molecular weight excluding hydrogens is 216 g/mol. The number of hydrogen-bond donors (Lipinski definition) is 2. The summed E-state index contributed by atoms with van der Waals surface area (Å²) in [6, 6.07) is 7.16. The lowest BCUT2D eigenvalue weighted by Crippen LogP contribution is -2.45. The summed E-state index contributed by atoms with van der Waals surface area (Å²) in [5.74, 6) is -0.841. The van der Waals surface area contributed by atoms with Gasteiger partial charge in [0.1, 0.15) is 6.04 Å². The molecule has 0 saturated heterocycles. The van der Waals surface area contributed by atoms with Gasteiger partial charge in [0, 0.05) is 0 Å². The van der Waals surface area contributed by atoms with Crippen molar-refractivity contribution < 1.29 is 9.90 Å². The summed E-state index contributed by atoms with van der Waals surface area (Å²) in [4.78, 5) is 13.1. The molecule has 0 spiro atoms. The molecular formula is C13H20N2O2.